The maximum absolute atomic E-state index is 5.95. The first kappa shape index (κ1) is 12.4. The summed E-state index contributed by atoms with van der Waals surface area (Å²) in [5.74, 6) is 0.486. The number of aromatic nitrogens is 1. The summed E-state index contributed by atoms with van der Waals surface area (Å²) in [6.07, 6.45) is 0. The van der Waals surface area contributed by atoms with Gasteiger partial charge in [-0.25, -0.2) is 4.98 Å². The third-order valence-corrected chi connectivity index (χ3v) is 3.63. The van der Waals surface area contributed by atoms with Gasteiger partial charge in [-0.15, -0.1) is 0 Å². The maximum atomic E-state index is 5.95. The van der Waals surface area contributed by atoms with Crippen LogP contribution in [0.1, 0.15) is 33.3 Å². The minimum atomic E-state index is -0.441. The Balaban J connectivity index is 2.35. The van der Waals surface area contributed by atoms with E-state index in [-0.39, 0.29) is 11.2 Å². The van der Waals surface area contributed by atoms with Crippen LogP contribution >= 0.6 is 0 Å². The number of pyridine rings is 1. The van der Waals surface area contributed by atoms with Crippen LogP contribution in [0.3, 0.4) is 0 Å². The second-order valence-electron chi connectivity index (χ2n) is 5.53. The van der Waals surface area contributed by atoms with Crippen LogP contribution in [0.25, 0.3) is 0 Å². The van der Waals surface area contributed by atoms with Crippen molar-refractivity contribution in [3.8, 4) is 0 Å². The molecular weight excluding hydrogens is 215 g/mol. The smallest absolute Gasteiger partial charge is 0.398 e. The zero-order valence-corrected chi connectivity index (χ0v) is 11.1. The summed E-state index contributed by atoms with van der Waals surface area (Å²) < 4.78 is 11.9. The number of aryl methyl sites for hydroxylation is 1. The number of nitrogens with zero attached hydrogens (tertiary/aromatic N) is 1. The molecule has 0 bridgehead atoms. The molecule has 4 nitrogen and oxygen atoms in total. The van der Waals surface area contributed by atoms with E-state index < -0.39 is 7.12 Å². The highest BCUT2D eigenvalue weighted by molar-refractivity contribution is 6.61. The predicted octanol–water partition coefficient (Wildman–Crippen LogP) is 1.27. The Kier molecular flexibility index (Phi) is 2.71. The van der Waals surface area contributed by atoms with Gasteiger partial charge >= 0.3 is 7.12 Å². The van der Waals surface area contributed by atoms with Crippen LogP contribution in [0.2, 0.25) is 0 Å². The van der Waals surface area contributed by atoms with Gasteiger partial charge in [-0.2, -0.15) is 0 Å². The van der Waals surface area contributed by atoms with Crippen LogP contribution in [0.4, 0.5) is 5.82 Å². The predicted molar refractivity (Wildman–Crippen MR) is 69.1 cm³/mol. The fraction of sp³-hybridized carbons (Fsp3) is 0.583. The molecule has 0 unspecified atom stereocenters. The molecule has 2 rings (SSSR count). The summed E-state index contributed by atoms with van der Waals surface area (Å²) in [5.41, 5.74) is 6.80. The normalized spacial score (nSPS) is 21.8. The van der Waals surface area contributed by atoms with Gasteiger partial charge < -0.3 is 15.0 Å². The molecule has 5 heteroatoms. The topological polar surface area (TPSA) is 57.4 Å². The van der Waals surface area contributed by atoms with E-state index in [1.54, 1.807) is 6.07 Å². The van der Waals surface area contributed by atoms with E-state index in [1.165, 1.54) is 0 Å². The first-order valence-electron chi connectivity index (χ1n) is 5.81. The van der Waals surface area contributed by atoms with E-state index in [4.69, 9.17) is 15.0 Å². The number of anilines is 1. The second-order valence-corrected chi connectivity index (χ2v) is 5.53. The molecule has 0 amide bonds. The number of rotatable bonds is 1. The summed E-state index contributed by atoms with van der Waals surface area (Å²) in [6.45, 7) is 10.1. The average Bonchev–Trinajstić information content (AvgIpc) is 2.40. The van der Waals surface area contributed by atoms with Crippen LogP contribution in [-0.4, -0.2) is 23.3 Å². The molecule has 1 saturated heterocycles. The molecular formula is C12H19BN2O2. The first-order valence-corrected chi connectivity index (χ1v) is 5.81. The molecule has 1 fully saturated rings. The molecule has 17 heavy (non-hydrogen) atoms. The van der Waals surface area contributed by atoms with Gasteiger partial charge in [0, 0.05) is 0 Å². The van der Waals surface area contributed by atoms with Gasteiger partial charge in [-0.05, 0) is 46.2 Å². The molecule has 0 atom stereocenters. The Morgan fingerprint density at radius 3 is 2.18 bits per heavy atom. The Bertz CT molecular complexity index is 430. The van der Waals surface area contributed by atoms with Gasteiger partial charge in [0.15, 0.2) is 0 Å². The fourth-order valence-corrected chi connectivity index (χ4v) is 1.75. The molecule has 1 aromatic heterocycles. The molecule has 2 N–H and O–H groups in total. The minimum absolute atomic E-state index is 0.351. The van der Waals surface area contributed by atoms with E-state index in [0.717, 1.165) is 11.2 Å². The van der Waals surface area contributed by atoms with Gasteiger partial charge in [0.05, 0.1) is 16.8 Å². The Hall–Kier alpha value is -1.07. The van der Waals surface area contributed by atoms with Crippen molar-refractivity contribution < 1.29 is 9.31 Å². The molecule has 0 spiro atoms. The molecule has 92 valence electrons. The lowest BCUT2D eigenvalue weighted by atomic mass is 9.81. The van der Waals surface area contributed by atoms with Crippen LogP contribution in [0, 0.1) is 6.92 Å². The number of hydrogen-bond donors (Lipinski definition) is 1. The van der Waals surface area contributed by atoms with Crippen molar-refractivity contribution in [3.63, 3.8) is 0 Å². The fourth-order valence-electron chi connectivity index (χ4n) is 1.75. The first-order chi connectivity index (χ1) is 7.73. The van der Waals surface area contributed by atoms with Crippen LogP contribution in [0.5, 0.6) is 0 Å². The van der Waals surface area contributed by atoms with Crippen molar-refractivity contribution in [1.29, 1.82) is 0 Å². The van der Waals surface area contributed by atoms with Crippen molar-refractivity contribution >= 4 is 18.5 Å². The van der Waals surface area contributed by atoms with Gasteiger partial charge in [0.25, 0.3) is 0 Å². The second kappa shape index (κ2) is 3.72. The van der Waals surface area contributed by atoms with Gasteiger partial charge in [-0.3, -0.25) is 0 Å². The molecule has 0 aromatic carbocycles. The lowest BCUT2D eigenvalue weighted by Gasteiger charge is -2.32. The lowest BCUT2D eigenvalue weighted by molar-refractivity contribution is 0.00578. The SMILES string of the molecule is Cc1ccc(N)nc1B1OC(C)(C)C(C)(C)O1. The third kappa shape index (κ3) is 2.05. The lowest BCUT2D eigenvalue weighted by Crippen LogP contribution is -2.41. The van der Waals surface area contributed by atoms with E-state index in [0.29, 0.717) is 5.82 Å². The number of nitrogens with two attached hydrogens (primary N) is 1. The van der Waals surface area contributed by atoms with Crippen molar-refractivity contribution in [2.24, 2.45) is 0 Å². The number of nitrogen functional groups attached to an aromatic ring is 1. The van der Waals surface area contributed by atoms with Gasteiger partial charge in [0.1, 0.15) is 5.82 Å². The summed E-state index contributed by atoms with van der Waals surface area (Å²) in [4.78, 5) is 4.31. The summed E-state index contributed by atoms with van der Waals surface area (Å²) in [5, 5.41) is 0. The molecule has 1 aromatic rings. The molecule has 0 radical (unpaired) electrons. The van der Waals surface area contributed by atoms with E-state index in [2.05, 4.69) is 4.98 Å². The van der Waals surface area contributed by atoms with E-state index in [9.17, 15) is 0 Å². The quantitative estimate of drug-likeness (QED) is 0.743. The Labute approximate surface area is 103 Å². The van der Waals surface area contributed by atoms with Crippen molar-refractivity contribution in [1.82, 2.24) is 4.98 Å². The van der Waals surface area contributed by atoms with E-state index >= 15 is 0 Å². The van der Waals surface area contributed by atoms with E-state index in [1.807, 2.05) is 40.7 Å². The molecule has 0 aliphatic carbocycles. The standard InChI is InChI=1S/C12H19BN2O2/c1-8-6-7-9(14)15-10(8)13-16-11(2,3)12(4,5)17-13/h6-7H,1-5H3,(H2,14,15). The van der Waals surface area contributed by atoms with Crippen molar-refractivity contribution in [2.45, 2.75) is 45.8 Å². The van der Waals surface area contributed by atoms with Crippen LogP contribution in [-0.2, 0) is 9.31 Å². The Morgan fingerprint density at radius 2 is 1.65 bits per heavy atom. The third-order valence-electron chi connectivity index (χ3n) is 3.63. The van der Waals surface area contributed by atoms with Gasteiger partial charge in [0.2, 0.25) is 0 Å². The zero-order valence-electron chi connectivity index (χ0n) is 11.1. The minimum Gasteiger partial charge on any atom is -0.398 e. The summed E-state index contributed by atoms with van der Waals surface area (Å²) >= 11 is 0. The Morgan fingerprint density at radius 1 is 1.12 bits per heavy atom. The highest BCUT2D eigenvalue weighted by atomic mass is 16.7. The number of hydrogen-bond acceptors (Lipinski definition) is 4. The molecule has 2 heterocycles. The van der Waals surface area contributed by atoms with Crippen molar-refractivity contribution in [2.75, 3.05) is 5.73 Å². The highest BCUT2D eigenvalue weighted by Gasteiger charge is 2.52. The van der Waals surface area contributed by atoms with Gasteiger partial charge in [-0.1, -0.05) is 6.07 Å². The largest absolute Gasteiger partial charge is 0.514 e. The monoisotopic (exact) mass is 234 g/mol. The zero-order chi connectivity index (χ0) is 12.8. The maximum Gasteiger partial charge on any atom is 0.514 e. The highest BCUT2D eigenvalue weighted by Crippen LogP contribution is 2.36. The van der Waals surface area contributed by atoms with Crippen LogP contribution in [0.15, 0.2) is 12.1 Å². The molecule has 1 aliphatic heterocycles. The molecule has 0 saturated carbocycles. The average molecular weight is 234 g/mol. The molecule has 1 aliphatic rings. The summed E-state index contributed by atoms with van der Waals surface area (Å²) in [6, 6.07) is 3.72. The summed E-state index contributed by atoms with van der Waals surface area (Å²) in [7, 11) is -0.441. The van der Waals surface area contributed by atoms with Crippen LogP contribution < -0.4 is 11.3 Å². The van der Waals surface area contributed by atoms with Crippen molar-refractivity contribution in [3.05, 3.63) is 17.7 Å².